The summed E-state index contributed by atoms with van der Waals surface area (Å²) in [5.74, 6) is 0.235. The number of ether oxygens (including phenoxy) is 2. The van der Waals surface area contributed by atoms with Gasteiger partial charge in [0.1, 0.15) is 12.4 Å². The van der Waals surface area contributed by atoms with E-state index in [0.717, 1.165) is 38.1 Å². The Morgan fingerprint density at radius 3 is 2.90 bits per heavy atom. The molecule has 1 saturated heterocycles. The summed E-state index contributed by atoms with van der Waals surface area (Å²) >= 11 is 0. The molecule has 1 aromatic carbocycles. The van der Waals surface area contributed by atoms with E-state index in [2.05, 4.69) is 5.32 Å². The summed E-state index contributed by atoms with van der Waals surface area (Å²) in [5.41, 5.74) is -0.692. The number of rotatable bonds is 6. The van der Waals surface area contributed by atoms with Gasteiger partial charge in [-0.3, -0.25) is 0 Å². The highest BCUT2D eigenvalue weighted by Crippen LogP contribution is 2.31. The second-order valence-electron chi connectivity index (χ2n) is 4.71. The average Bonchev–Trinajstić information content (AvgIpc) is 2.91. The molecule has 0 radical (unpaired) electrons. The van der Waals surface area contributed by atoms with E-state index in [0.29, 0.717) is 13.2 Å². The van der Waals surface area contributed by atoms with Crippen molar-refractivity contribution in [2.45, 2.75) is 25.1 Å². The number of benzene rings is 1. The van der Waals surface area contributed by atoms with Crippen LogP contribution in [0, 0.1) is 0 Å². The highest BCUT2D eigenvalue weighted by atomic mass is 19.4. The van der Waals surface area contributed by atoms with E-state index in [4.69, 9.17) is 9.47 Å². The SMILES string of the molecule is FC(F)(F)c1cccc(OCCNCC2CCCO2)c1. The molecule has 1 aliphatic heterocycles. The quantitative estimate of drug-likeness (QED) is 0.817. The molecule has 1 fully saturated rings. The van der Waals surface area contributed by atoms with Crippen LogP contribution >= 0.6 is 0 Å². The Morgan fingerprint density at radius 1 is 1.35 bits per heavy atom. The number of alkyl halides is 3. The van der Waals surface area contributed by atoms with Gasteiger partial charge in [-0.15, -0.1) is 0 Å². The molecule has 1 N–H and O–H groups in total. The molecule has 0 aromatic heterocycles. The third-order valence-electron chi connectivity index (χ3n) is 3.10. The summed E-state index contributed by atoms with van der Waals surface area (Å²) in [7, 11) is 0. The van der Waals surface area contributed by atoms with Crippen LogP contribution in [0.15, 0.2) is 24.3 Å². The molecular formula is C14H18F3NO2. The van der Waals surface area contributed by atoms with Crippen LogP contribution in [0.4, 0.5) is 13.2 Å². The predicted molar refractivity (Wildman–Crippen MR) is 68.8 cm³/mol. The lowest BCUT2D eigenvalue weighted by atomic mass is 10.2. The largest absolute Gasteiger partial charge is 0.492 e. The standard InChI is InChI=1S/C14H18F3NO2/c15-14(16,17)11-3-1-4-12(9-11)20-8-6-18-10-13-5-2-7-19-13/h1,3-4,9,13,18H,2,5-8,10H2. The van der Waals surface area contributed by atoms with Gasteiger partial charge in [0.05, 0.1) is 11.7 Å². The molecule has 1 aromatic rings. The van der Waals surface area contributed by atoms with Gasteiger partial charge in [-0.2, -0.15) is 13.2 Å². The van der Waals surface area contributed by atoms with Gasteiger partial charge in [0.15, 0.2) is 0 Å². The van der Waals surface area contributed by atoms with Crippen LogP contribution in [-0.2, 0) is 10.9 Å². The number of hydrogen-bond donors (Lipinski definition) is 1. The predicted octanol–water partition coefficient (Wildman–Crippen LogP) is 2.85. The minimum atomic E-state index is -4.34. The van der Waals surface area contributed by atoms with Crippen LogP contribution in [0.3, 0.4) is 0 Å². The van der Waals surface area contributed by atoms with Crippen LogP contribution in [-0.4, -0.2) is 32.4 Å². The van der Waals surface area contributed by atoms with Crippen LogP contribution in [0.2, 0.25) is 0 Å². The lowest BCUT2D eigenvalue weighted by Gasteiger charge is -2.12. The van der Waals surface area contributed by atoms with Gasteiger partial charge >= 0.3 is 6.18 Å². The fraction of sp³-hybridized carbons (Fsp3) is 0.571. The average molecular weight is 289 g/mol. The summed E-state index contributed by atoms with van der Waals surface area (Å²) in [4.78, 5) is 0. The van der Waals surface area contributed by atoms with Crippen molar-refractivity contribution in [3.8, 4) is 5.75 Å². The van der Waals surface area contributed by atoms with Crippen LogP contribution < -0.4 is 10.1 Å². The monoisotopic (exact) mass is 289 g/mol. The molecule has 0 spiro atoms. The second kappa shape index (κ2) is 6.95. The highest BCUT2D eigenvalue weighted by Gasteiger charge is 2.30. The van der Waals surface area contributed by atoms with Gasteiger partial charge in [0.2, 0.25) is 0 Å². The maximum Gasteiger partial charge on any atom is 0.416 e. The fourth-order valence-electron chi connectivity index (χ4n) is 2.07. The zero-order valence-electron chi connectivity index (χ0n) is 11.1. The molecule has 1 unspecified atom stereocenters. The summed E-state index contributed by atoms with van der Waals surface area (Å²) in [6, 6.07) is 4.91. The van der Waals surface area contributed by atoms with Gasteiger partial charge in [0.25, 0.3) is 0 Å². The Hall–Kier alpha value is -1.27. The van der Waals surface area contributed by atoms with E-state index in [1.165, 1.54) is 12.1 Å². The first kappa shape index (κ1) is 15.1. The minimum absolute atomic E-state index is 0.235. The summed E-state index contributed by atoms with van der Waals surface area (Å²) in [5, 5.41) is 3.17. The van der Waals surface area contributed by atoms with Crippen molar-refractivity contribution in [1.82, 2.24) is 5.32 Å². The first-order chi connectivity index (χ1) is 9.55. The van der Waals surface area contributed by atoms with Gasteiger partial charge in [0, 0.05) is 19.7 Å². The van der Waals surface area contributed by atoms with Crippen LogP contribution in [0.5, 0.6) is 5.75 Å². The van der Waals surface area contributed by atoms with E-state index in [9.17, 15) is 13.2 Å². The van der Waals surface area contributed by atoms with Crippen molar-refractivity contribution in [2.75, 3.05) is 26.3 Å². The van der Waals surface area contributed by atoms with Gasteiger partial charge in [-0.05, 0) is 31.0 Å². The highest BCUT2D eigenvalue weighted by molar-refractivity contribution is 5.30. The van der Waals surface area contributed by atoms with Crippen molar-refractivity contribution >= 4 is 0 Å². The second-order valence-corrected chi connectivity index (χ2v) is 4.71. The topological polar surface area (TPSA) is 30.5 Å². The van der Waals surface area contributed by atoms with E-state index < -0.39 is 11.7 Å². The molecule has 1 heterocycles. The third-order valence-corrected chi connectivity index (χ3v) is 3.10. The van der Waals surface area contributed by atoms with Gasteiger partial charge < -0.3 is 14.8 Å². The first-order valence-corrected chi connectivity index (χ1v) is 6.68. The smallest absolute Gasteiger partial charge is 0.416 e. The Bertz CT molecular complexity index is 417. The molecule has 0 aliphatic carbocycles. The zero-order valence-corrected chi connectivity index (χ0v) is 11.1. The molecular weight excluding hydrogens is 271 g/mol. The molecule has 1 atom stereocenters. The Labute approximate surface area is 116 Å². The Kier molecular flexibility index (Phi) is 5.25. The fourth-order valence-corrected chi connectivity index (χ4v) is 2.07. The molecule has 1 aliphatic rings. The maximum atomic E-state index is 12.5. The van der Waals surface area contributed by atoms with Crippen LogP contribution in [0.25, 0.3) is 0 Å². The lowest BCUT2D eigenvalue weighted by molar-refractivity contribution is -0.137. The molecule has 0 bridgehead atoms. The minimum Gasteiger partial charge on any atom is -0.492 e. The molecule has 0 saturated carbocycles. The summed E-state index contributed by atoms with van der Waals surface area (Å²) < 4.78 is 48.3. The number of nitrogens with one attached hydrogen (secondary N) is 1. The third kappa shape index (κ3) is 4.68. The van der Waals surface area contributed by atoms with Crippen molar-refractivity contribution in [3.63, 3.8) is 0 Å². The maximum absolute atomic E-state index is 12.5. The molecule has 3 nitrogen and oxygen atoms in total. The van der Waals surface area contributed by atoms with E-state index in [1.807, 2.05) is 0 Å². The first-order valence-electron chi connectivity index (χ1n) is 6.68. The molecule has 2 rings (SSSR count). The normalized spacial score (nSPS) is 19.2. The Morgan fingerprint density at radius 2 is 2.20 bits per heavy atom. The van der Waals surface area contributed by atoms with Crippen molar-refractivity contribution < 1.29 is 22.6 Å². The van der Waals surface area contributed by atoms with Gasteiger partial charge in [-0.1, -0.05) is 6.07 Å². The van der Waals surface area contributed by atoms with E-state index >= 15 is 0 Å². The van der Waals surface area contributed by atoms with Gasteiger partial charge in [-0.25, -0.2) is 0 Å². The molecule has 20 heavy (non-hydrogen) atoms. The van der Waals surface area contributed by atoms with E-state index in [-0.39, 0.29) is 11.9 Å². The number of hydrogen-bond acceptors (Lipinski definition) is 3. The van der Waals surface area contributed by atoms with Crippen molar-refractivity contribution in [1.29, 1.82) is 0 Å². The van der Waals surface area contributed by atoms with E-state index in [1.54, 1.807) is 0 Å². The molecule has 0 amide bonds. The Balaban J connectivity index is 1.68. The molecule has 112 valence electrons. The van der Waals surface area contributed by atoms with Crippen molar-refractivity contribution in [2.24, 2.45) is 0 Å². The molecule has 6 heteroatoms. The number of halogens is 3. The van der Waals surface area contributed by atoms with Crippen molar-refractivity contribution in [3.05, 3.63) is 29.8 Å². The van der Waals surface area contributed by atoms with Crippen LogP contribution in [0.1, 0.15) is 18.4 Å². The zero-order chi connectivity index (χ0) is 14.4. The summed E-state index contributed by atoms with van der Waals surface area (Å²) in [6.45, 7) is 2.48. The lowest BCUT2D eigenvalue weighted by Crippen LogP contribution is -2.29. The summed E-state index contributed by atoms with van der Waals surface area (Å²) in [6.07, 6.45) is -1.94.